The third-order valence-corrected chi connectivity index (χ3v) is 6.42. The molecule has 3 aromatic carbocycles. The number of benzene rings is 3. The highest BCUT2D eigenvalue weighted by molar-refractivity contribution is 7.54. The van der Waals surface area contributed by atoms with E-state index >= 15 is 0 Å². The average Bonchev–Trinajstić information content (AvgIpc) is 2.66. The largest absolute Gasteiger partial charge is 0.367 e. The third kappa shape index (κ3) is 3.73. The maximum absolute atomic E-state index is 13.1. The van der Waals surface area contributed by atoms with E-state index in [1.165, 1.54) is 14.2 Å². The van der Waals surface area contributed by atoms with Crippen molar-refractivity contribution in [2.45, 2.75) is 5.78 Å². The Bertz CT molecular complexity index is 901. The molecule has 0 aromatic heterocycles. The molecule has 0 fully saturated rings. The maximum Gasteiger partial charge on any atom is 0.356 e. The minimum Gasteiger partial charge on any atom is -0.367 e. The minimum atomic E-state index is -3.43. The summed E-state index contributed by atoms with van der Waals surface area (Å²) < 4.78 is 23.6. The standard InChI is InChI=1S/C19H19ClNO3P/c1-23-25(22,24-2)19(15-10-12-16(20)13-11-15)21-18-9-5-7-14-6-3-4-8-17(14)18/h3-13,19,21H,1-2H3/t19-/m0/s1. The highest BCUT2D eigenvalue weighted by Gasteiger charge is 2.35. The van der Waals surface area contributed by atoms with Crippen LogP contribution in [-0.4, -0.2) is 14.2 Å². The monoisotopic (exact) mass is 375 g/mol. The van der Waals surface area contributed by atoms with Crippen LogP contribution < -0.4 is 5.32 Å². The van der Waals surface area contributed by atoms with Crippen molar-refractivity contribution in [3.63, 3.8) is 0 Å². The van der Waals surface area contributed by atoms with Crippen molar-refractivity contribution >= 4 is 35.7 Å². The number of nitrogens with one attached hydrogen (secondary N) is 1. The van der Waals surface area contributed by atoms with Crippen LogP contribution in [0.3, 0.4) is 0 Å². The van der Waals surface area contributed by atoms with Crippen molar-refractivity contribution in [1.82, 2.24) is 0 Å². The lowest BCUT2D eigenvalue weighted by Crippen LogP contribution is -2.13. The van der Waals surface area contributed by atoms with Crippen LogP contribution in [0.25, 0.3) is 10.8 Å². The van der Waals surface area contributed by atoms with Gasteiger partial charge in [0, 0.05) is 30.3 Å². The molecular formula is C19H19ClNO3P. The van der Waals surface area contributed by atoms with E-state index in [4.69, 9.17) is 20.6 Å². The number of hydrogen-bond acceptors (Lipinski definition) is 4. The van der Waals surface area contributed by atoms with Gasteiger partial charge in [0.2, 0.25) is 0 Å². The summed E-state index contributed by atoms with van der Waals surface area (Å²) in [6, 6.07) is 21.1. The summed E-state index contributed by atoms with van der Waals surface area (Å²) in [7, 11) is -0.652. The molecule has 0 saturated carbocycles. The van der Waals surface area contributed by atoms with Gasteiger partial charge in [0.05, 0.1) is 0 Å². The van der Waals surface area contributed by atoms with Crippen molar-refractivity contribution in [3.05, 3.63) is 77.3 Å². The molecule has 0 radical (unpaired) electrons. The predicted octanol–water partition coefficient (Wildman–Crippen LogP) is 6.09. The maximum atomic E-state index is 13.1. The average molecular weight is 376 g/mol. The number of hydrogen-bond donors (Lipinski definition) is 1. The molecule has 0 unspecified atom stereocenters. The van der Waals surface area contributed by atoms with Gasteiger partial charge in [-0.05, 0) is 29.1 Å². The summed E-state index contributed by atoms with van der Waals surface area (Å²) in [5, 5.41) is 6.07. The summed E-state index contributed by atoms with van der Waals surface area (Å²) in [5.74, 6) is -0.662. The fourth-order valence-electron chi connectivity index (χ4n) is 2.77. The lowest BCUT2D eigenvalue weighted by Gasteiger charge is -2.27. The molecular weight excluding hydrogens is 357 g/mol. The van der Waals surface area contributed by atoms with Crippen molar-refractivity contribution in [2.24, 2.45) is 0 Å². The van der Waals surface area contributed by atoms with Gasteiger partial charge in [-0.3, -0.25) is 4.57 Å². The molecule has 0 aliphatic carbocycles. The second-order valence-corrected chi connectivity index (χ2v) is 8.29. The molecule has 25 heavy (non-hydrogen) atoms. The summed E-state index contributed by atoms with van der Waals surface area (Å²) in [4.78, 5) is 0. The molecule has 6 heteroatoms. The molecule has 0 bridgehead atoms. The minimum absolute atomic E-state index is 0.609. The molecule has 3 rings (SSSR count). The zero-order chi connectivity index (χ0) is 17.9. The normalized spacial score (nSPS) is 12.9. The van der Waals surface area contributed by atoms with Gasteiger partial charge in [0.1, 0.15) is 0 Å². The second kappa shape index (κ2) is 7.59. The van der Waals surface area contributed by atoms with Crippen LogP contribution in [0, 0.1) is 0 Å². The lowest BCUT2D eigenvalue weighted by molar-refractivity contribution is 0.268. The van der Waals surface area contributed by atoms with Crippen LogP contribution in [0.2, 0.25) is 5.02 Å². The summed E-state index contributed by atoms with van der Waals surface area (Å²) in [5.41, 5.74) is 1.62. The zero-order valence-corrected chi connectivity index (χ0v) is 15.6. The van der Waals surface area contributed by atoms with Crippen LogP contribution in [0.15, 0.2) is 66.7 Å². The lowest BCUT2D eigenvalue weighted by atomic mass is 10.1. The first-order valence-corrected chi connectivity index (χ1v) is 9.77. The molecule has 0 amide bonds. The highest BCUT2D eigenvalue weighted by atomic mass is 35.5. The van der Waals surface area contributed by atoms with Crippen LogP contribution in [0.5, 0.6) is 0 Å². The summed E-state index contributed by atoms with van der Waals surface area (Å²) in [6.07, 6.45) is 0. The van der Waals surface area contributed by atoms with E-state index < -0.39 is 13.4 Å². The molecule has 0 heterocycles. The Hall–Kier alpha value is -1.84. The van der Waals surface area contributed by atoms with Crippen LogP contribution in [-0.2, 0) is 13.6 Å². The van der Waals surface area contributed by atoms with E-state index in [-0.39, 0.29) is 0 Å². The Morgan fingerprint density at radius 1 is 0.920 bits per heavy atom. The van der Waals surface area contributed by atoms with E-state index in [2.05, 4.69) is 5.32 Å². The van der Waals surface area contributed by atoms with Crippen molar-refractivity contribution in [3.8, 4) is 0 Å². The van der Waals surface area contributed by atoms with Gasteiger partial charge in [0.25, 0.3) is 0 Å². The third-order valence-electron chi connectivity index (χ3n) is 4.09. The van der Waals surface area contributed by atoms with E-state index in [0.29, 0.717) is 5.02 Å². The summed E-state index contributed by atoms with van der Waals surface area (Å²) in [6.45, 7) is 0. The van der Waals surface area contributed by atoms with E-state index in [1.54, 1.807) is 12.1 Å². The fraction of sp³-hybridized carbons (Fsp3) is 0.158. The van der Waals surface area contributed by atoms with Crippen molar-refractivity contribution < 1.29 is 13.6 Å². The molecule has 4 nitrogen and oxygen atoms in total. The fourth-order valence-corrected chi connectivity index (χ4v) is 4.31. The Balaban J connectivity index is 2.08. The number of rotatable bonds is 6. The summed E-state index contributed by atoms with van der Waals surface area (Å²) >= 11 is 5.98. The van der Waals surface area contributed by atoms with Crippen LogP contribution >= 0.6 is 19.2 Å². The van der Waals surface area contributed by atoms with E-state index in [9.17, 15) is 4.57 Å². The molecule has 0 aliphatic heterocycles. The SMILES string of the molecule is COP(=O)(OC)[C@H](Nc1cccc2ccccc12)c1ccc(Cl)cc1. The quantitative estimate of drug-likeness (QED) is 0.529. The van der Waals surface area contributed by atoms with Gasteiger partial charge in [0.15, 0.2) is 5.78 Å². The molecule has 0 saturated heterocycles. The predicted molar refractivity (Wildman–Crippen MR) is 103 cm³/mol. The molecule has 1 N–H and O–H groups in total. The smallest absolute Gasteiger partial charge is 0.356 e. The van der Waals surface area contributed by atoms with Gasteiger partial charge in [-0.25, -0.2) is 0 Å². The molecule has 3 aromatic rings. The number of fused-ring (bicyclic) bond motifs is 1. The Morgan fingerprint density at radius 3 is 2.24 bits per heavy atom. The molecule has 130 valence electrons. The zero-order valence-electron chi connectivity index (χ0n) is 14.0. The second-order valence-electron chi connectivity index (χ2n) is 5.53. The van der Waals surface area contributed by atoms with Crippen molar-refractivity contribution in [1.29, 1.82) is 0 Å². The van der Waals surface area contributed by atoms with Crippen LogP contribution in [0.1, 0.15) is 11.3 Å². The Kier molecular flexibility index (Phi) is 5.45. The van der Waals surface area contributed by atoms with Crippen LogP contribution in [0.4, 0.5) is 5.69 Å². The molecule has 1 atom stereocenters. The van der Waals surface area contributed by atoms with Gasteiger partial charge >= 0.3 is 7.60 Å². The first-order valence-electron chi connectivity index (χ1n) is 7.78. The number of halogens is 1. The molecule has 0 aliphatic rings. The molecule has 0 spiro atoms. The van der Waals surface area contributed by atoms with Crippen molar-refractivity contribution in [2.75, 3.05) is 19.5 Å². The number of anilines is 1. The van der Waals surface area contributed by atoms with Gasteiger partial charge < -0.3 is 14.4 Å². The van der Waals surface area contributed by atoms with Gasteiger partial charge in [-0.15, -0.1) is 0 Å². The Morgan fingerprint density at radius 2 is 1.56 bits per heavy atom. The first-order chi connectivity index (χ1) is 12.1. The topological polar surface area (TPSA) is 47.6 Å². The first kappa shape index (κ1) is 18.0. The van der Waals surface area contributed by atoms with E-state index in [0.717, 1.165) is 22.0 Å². The van der Waals surface area contributed by atoms with E-state index in [1.807, 2.05) is 54.6 Å². The van der Waals surface area contributed by atoms with Gasteiger partial charge in [-0.2, -0.15) is 0 Å². The highest BCUT2D eigenvalue weighted by Crippen LogP contribution is 2.60. The Labute approximate surface area is 152 Å². The van der Waals surface area contributed by atoms with Gasteiger partial charge in [-0.1, -0.05) is 60.1 Å².